The maximum atomic E-state index is 2.20. The standard InChI is InChI=1S/3C9H12/c1-7-4-8(2)6-9(3)5-7;1-7-5-4-6-8(2)9(7)3;1-8(2)9-6-4-3-5-7-9/h2*4-6H,1-3H3;3-8H,1-2H3. The first kappa shape index (κ1) is 22.7. The van der Waals surface area contributed by atoms with E-state index in [-0.39, 0.29) is 0 Å². The number of aryl methyl sites for hydroxylation is 5. The van der Waals surface area contributed by atoms with Crippen LogP contribution in [0.5, 0.6) is 0 Å². The normalized spacial score (nSPS) is 9.81. The molecule has 0 spiro atoms. The van der Waals surface area contributed by atoms with Gasteiger partial charge in [-0.3, -0.25) is 0 Å². The Bertz CT molecular complexity index is 740. The molecule has 27 heavy (non-hydrogen) atoms. The fourth-order valence-electron chi connectivity index (χ4n) is 2.94. The Hall–Kier alpha value is -2.34. The summed E-state index contributed by atoms with van der Waals surface area (Å²) in [7, 11) is 0. The van der Waals surface area contributed by atoms with Gasteiger partial charge in [0.1, 0.15) is 0 Å². The summed E-state index contributed by atoms with van der Waals surface area (Å²) in [6.07, 6.45) is 0. The van der Waals surface area contributed by atoms with E-state index < -0.39 is 0 Å². The summed E-state index contributed by atoms with van der Waals surface area (Å²) in [5.41, 5.74) is 9.66. The summed E-state index contributed by atoms with van der Waals surface area (Å²) in [5.74, 6) is 0.659. The zero-order valence-electron chi connectivity index (χ0n) is 18.4. The van der Waals surface area contributed by atoms with Crippen molar-refractivity contribution in [2.75, 3.05) is 0 Å². The number of hydrogen-bond acceptors (Lipinski definition) is 0. The first-order chi connectivity index (χ1) is 12.7. The highest BCUT2D eigenvalue weighted by atomic mass is 14.0. The van der Waals surface area contributed by atoms with E-state index >= 15 is 0 Å². The van der Waals surface area contributed by atoms with E-state index in [1.165, 1.54) is 38.9 Å². The molecule has 0 heteroatoms. The molecule has 144 valence electrons. The van der Waals surface area contributed by atoms with Crippen LogP contribution in [0.15, 0.2) is 66.7 Å². The van der Waals surface area contributed by atoms with Crippen LogP contribution >= 0.6 is 0 Å². The van der Waals surface area contributed by atoms with Crippen LogP contribution in [0, 0.1) is 41.5 Å². The van der Waals surface area contributed by atoms with E-state index in [1.807, 2.05) is 6.07 Å². The monoisotopic (exact) mass is 360 g/mol. The molecule has 0 bridgehead atoms. The summed E-state index contributed by atoms with van der Waals surface area (Å²) in [6, 6.07) is 23.5. The molecule has 0 radical (unpaired) electrons. The topological polar surface area (TPSA) is 0 Å². The van der Waals surface area contributed by atoms with Crippen molar-refractivity contribution in [1.29, 1.82) is 0 Å². The smallest absolute Gasteiger partial charge is 0.0219 e. The predicted molar refractivity (Wildman–Crippen MR) is 122 cm³/mol. The molecule has 0 aliphatic rings. The van der Waals surface area contributed by atoms with E-state index in [2.05, 4.69) is 116 Å². The fourth-order valence-corrected chi connectivity index (χ4v) is 2.94. The lowest BCUT2D eigenvalue weighted by molar-refractivity contribution is 0.867. The average Bonchev–Trinajstić information content (AvgIpc) is 2.60. The molecule has 0 heterocycles. The van der Waals surface area contributed by atoms with Crippen molar-refractivity contribution < 1.29 is 0 Å². The molecule has 0 aliphatic heterocycles. The maximum Gasteiger partial charge on any atom is -0.0219 e. The minimum Gasteiger partial charge on any atom is -0.0622 e. The third kappa shape index (κ3) is 8.73. The van der Waals surface area contributed by atoms with Crippen LogP contribution in [0.1, 0.15) is 58.7 Å². The zero-order valence-corrected chi connectivity index (χ0v) is 18.4. The summed E-state index contributed by atoms with van der Waals surface area (Å²) < 4.78 is 0. The van der Waals surface area contributed by atoms with Gasteiger partial charge in [0.25, 0.3) is 0 Å². The van der Waals surface area contributed by atoms with Crippen molar-refractivity contribution in [3.8, 4) is 0 Å². The first-order valence-electron chi connectivity index (χ1n) is 9.83. The van der Waals surface area contributed by atoms with Gasteiger partial charge < -0.3 is 0 Å². The van der Waals surface area contributed by atoms with Crippen LogP contribution in [0.25, 0.3) is 0 Å². The van der Waals surface area contributed by atoms with Crippen molar-refractivity contribution in [2.45, 2.75) is 61.3 Å². The summed E-state index contributed by atoms with van der Waals surface area (Å²) >= 11 is 0. The number of rotatable bonds is 1. The highest BCUT2D eigenvalue weighted by molar-refractivity contribution is 5.31. The average molecular weight is 361 g/mol. The van der Waals surface area contributed by atoms with Crippen molar-refractivity contribution in [1.82, 2.24) is 0 Å². The molecule has 0 saturated carbocycles. The SMILES string of the molecule is CC(C)c1ccccc1.Cc1cc(C)cc(C)c1.Cc1cccc(C)c1C. The molecule has 0 unspecified atom stereocenters. The largest absolute Gasteiger partial charge is 0.0622 e. The van der Waals surface area contributed by atoms with Gasteiger partial charge in [-0.2, -0.15) is 0 Å². The van der Waals surface area contributed by atoms with Gasteiger partial charge in [-0.25, -0.2) is 0 Å². The van der Waals surface area contributed by atoms with Crippen LogP contribution < -0.4 is 0 Å². The van der Waals surface area contributed by atoms with E-state index in [9.17, 15) is 0 Å². The van der Waals surface area contributed by atoms with Crippen molar-refractivity contribution in [2.24, 2.45) is 0 Å². The van der Waals surface area contributed by atoms with Crippen molar-refractivity contribution in [3.63, 3.8) is 0 Å². The third-order valence-electron chi connectivity index (χ3n) is 4.71. The highest BCUT2D eigenvalue weighted by Crippen LogP contribution is 2.12. The molecule has 0 N–H and O–H groups in total. The van der Waals surface area contributed by atoms with Crippen molar-refractivity contribution >= 4 is 0 Å². The molecular weight excluding hydrogens is 324 g/mol. The van der Waals surface area contributed by atoms with E-state index in [4.69, 9.17) is 0 Å². The van der Waals surface area contributed by atoms with Gasteiger partial charge in [-0.1, -0.05) is 97.3 Å². The quantitative estimate of drug-likeness (QED) is 0.412. The zero-order chi connectivity index (χ0) is 20.4. The van der Waals surface area contributed by atoms with Gasteiger partial charge in [0.2, 0.25) is 0 Å². The van der Waals surface area contributed by atoms with Crippen LogP contribution in [-0.2, 0) is 0 Å². The third-order valence-corrected chi connectivity index (χ3v) is 4.71. The Morgan fingerprint density at radius 2 is 0.926 bits per heavy atom. The molecule has 3 aromatic rings. The number of benzene rings is 3. The summed E-state index contributed by atoms with van der Waals surface area (Å²) in [5, 5.41) is 0. The van der Waals surface area contributed by atoms with Gasteiger partial charge in [-0.15, -0.1) is 0 Å². The fraction of sp³-hybridized carbons (Fsp3) is 0.333. The van der Waals surface area contributed by atoms with E-state index in [1.54, 1.807) is 0 Å². The molecule has 0 saturated heterocycles. The molecule has 3 aromatic carbocycles. The lowest BCUT2D eigenvalue weighted by atomic mass is 10.0. The van der Waals surface area contributed by atoms with Gasteiger partial charge in [0.05, 0.1) is 0 Å². The number of hydrogen-bond donors (Lipinski definition) is 0. The van der Waals surface area contributed by atoms with Crippen LogP contribution in [0.4, 0.5) is 0 Å². The van der Waals surface area contributed by atoms with Crippen molar-refractivity contribution in [3.05, 3.63) is 106 Å². The Labute approximate surface area is 167 Å². The molecular formula is C27H36. The van der Waals surface area contributed by atoms with E-state index in [0.29, 0.717) is 5.92 Å². The second-order valence-corrected chi connectivity index (χ2v) is 7.75. The Morgan fingerprint density at radius 1 is 0.519 bits per heavy atom. The lowest BCUT2D eigenvalue weighted by Gasteiger charge is -2.01. The molecule has 0 fully saturated rings. The summed E-state index contributed by atoms with van der Waals surface area (Å²) in [6.45, 7) is 17.2. The second kappa shape index (κ2) is 11.4. The molecule has 0 amide bonds. The van der Waals surface area contributed by atoms with Crippen LogP contribution in [-0.4, -0.2) is 0 Å². The lowest BCUT2D eigenvalue weighted by Crippen LogP contribution is -1.83. The second-order valence-electron chi connectivity index (χ2n) is 7.75. The minimum atomic E-state index is 0.659. The van der Waals surface area contributed by atoms with Gasteiger partial charge >= 0.3 is 0 Å². The predicted octanol–water partition coefficient (Wildman–Crippen LogP) is 8.03. The Morgan fingerprint density at radius 3 is 1.22 bits per heavy atom. The minimum absolute atomic E-state index is 0.659. The van der Waals surface area contributed by atoms with Gasteiger partial charge in [0, 0.05) is 0 Å². The van der Waals surface area contributed by atoms with Crippen LogP contribution in [0.2, 0.25) is 0 Å². The maximum absolute atomic E-state index is 2.20. The molecule has 0 aromatic heterocycles. The highest BCUT2D eigenvalue weighted by Gasteiger charge is 1.93. The molecule has 0 atom stereocenters. The van der Waals surface area contributed by atoms with Gasteiger partial charge in [-0.05, 0) is 69.7 Å². The first-order valence-corrected chi connectivity index (χ1v) is 9.83. The molecule has 0 nitrogen and oxygen atoms in total. The molecule has 0 aliphatic carbocycles. The Balaban J connectivity index is 0.000000202. The van der Waals surface area contributed by atoms with Gasteiger partial charge in [0.15, 0.2) is 0 Å². The molecule has 3 rings (SSSR count). The Kier molecular flexibility index (Phi) is 9.58. The summed E-state index contributed by atoms with van der Waals surface area (Å²) in [4.78, 5) is 0. The van der Waals surface area contributed by atoms with E-state index in [0.717, 1.165) is 0 Å². The van der Waals surface area contributed by atoms with Crippen LogP contribution in [0.3, 0.4) is 0 Å².